The average Bonchev–Trinajstić information content (AvgIpc) is 3.07. The first-order valence-electron chi connectivity index (χ1n) is 6.13. The molecule has 4 nitrogen and oxygen atoms in total. The van der Waals surface area contributed by atoms with E-state index in [4.69, 9.17) is 15.2 Å². The fourth-order valence-electron chi connectivity index (χ4n) is 1.99. The Morgan fingerprint density at radius 2 is 1.94 bits per heavy atom. The fourth-order valence-corrected chi connectivity index (χ4v) is 1.99. The first-order chi connectivity index (χ1) is 8.25. The Morgan fingerprint density at radius 3 is 2.71 bits per heavy atom. The van der Waals surface area contributed by atoms with Gasteiger partial charge in [0.1, 0.15) is 13.2 Å². The molecule has 0 unspecified atom stereocenters. The highest BCUT2D eigenvalue weighted by Crippen LogP contribution is 2.32. The summed E-state index contributed by atoms with van der Waals surface area (Å²) in [4.78, 5) is 0. The van der Waals surface area contributed by atoms with Crippen LogP contribution in [0.4, 0.5) is 0 Å². The quantitative estimate of drug-likeness (QED) is 0.817. The van der Waals surface area contributed by atoms with Gasteiger partial charge in [-0.2, -0.15) is 0 Å². The zero-order valence-electron chi connectivity index (χ0n) is 9.87. The van der Waals surface area contributed by atoms with Crippen LogP contribution in [0.1, 0.15) is 18.4 Å². The molecule has 1 aromatic carbocycles. The van der Waals surface area contributed by atoms with Gasteiger partial charge in [-0.15, -0.1) is 0 Å². The van der Waals surface area contributed by atoms with Crippen molar-refractivity contribution in [1.82, 2.24) is 5.32 Å². The van der Waals surface area contributed by atoms with E-state index in [1.807, 2.05) is 12.1 Å². The molecule has 0 atom stereocenters. The summed E-state index contributed by atoms with van der Waals surface area (Å²) in [5, 5.41) is 3.39. The number of hydrogen-bond acceptors (Lipinski definition) is 4. The van der Waals surface area contributed by atoms with Crippen molar-refractivity contribution in [3.05, 3.63) is 23.8 Å². The minimum absolute atomic E-state index is 0.0633. The van der Waals surface area contributed by atoms with E-state index in [0.717, 1.165) is 37.4 Å². The first kappa shape index (κ1) is 10.9. The van der Waals surface area contributed by atoms with Crippen LogP contribution in [0.2, 0.25) is 0 Å². The monoisotopic (exact) mass is 234 g/mol. The third kappa shape index (κ3) is 2.53. The number of fused-ring (bicyclic) bond motifs is 1. The Labute approximate surface area is 101 Å². The summed E-state index contributed by atoms with van der Waals surface area (Å²) in [5.41, 5.74) is 7.28. The second-order valence-electron chi connectivity index (χ2n) is 4.94. The van der Waals surface area contributed by atoms with E-state index in [-0.39, 0.29) is 5.54 Å². The topological polar surface area (TPSA) is 56.5 Å². The predicted molar refractivity (Wildman–Crippen MR) is 65.3 cm³/mol. The average molecular weight is 234 g/mol. The molecule has 3 rings (SSSR count). The van der Waals surface area contributed by atoms with Crippen molar-refractivity contribution >= 4 is 0 Å². The zero-order valence-corrected chi connectivity index (χ0v) is 9.87. The van der Waals surface area contributed by atoms with Crippen molar-refractivity contribution in [3.8, 4) is 11.5 Å². The summed E-state index contributed by atoms with van der Waals surface area (Å²) in [5.74, 6) is 1.70. The fraction of sp³-hybridized carbons (Fsp3) is 0.538. The van der Waals surface area contributed by atoms with E-state index < -0.39 is 0 Å². The van der Waals surface area contributed by atoms with Crippen LogP contribution < -0.4 is 20.5 Å². The van der Waals surface area contributed by atoms with Gasteiger partial charge in [-0.05, 0) is 30.5 Å². The van der Waals surface area contributed by atoms with Crippen LogP contribution >= 0.6 is 0 Å². The maximum Gasteiger partial charge on any atom is 0.161 e. The summed E-state index contributed by atoms with van der Waals surface area (Å²) in [6.07, 6.45) is 2.28. The Morgan fingerprint density at radius 1 is 1.18 bits per heavy atom. The van der Waals surface area contributed by atoms with Crippen LogP contribution in [0.5, 0.6) is 11.5 Å². The molecule has 0 radical (unpaired) electrons. The highest BCUT2D eigenvalue weighted by atomic mass is 16.6. The van der Waals surface area contributed by atoms with E-state index in [1.165, 1.54) is 5.56 Å². The Balaban J connectivity index is 1.59. The van der Waals surface area contributed by atoms with Crippen LogP contribution in [0.25, 0.3) is 0 Å². The van der Waals surface area contributed by atoms with Crippen LogP contribution in [0.3, 0.4) is 0 Å². The normalized spacial score (nSPS) is 20.1. The largest absolute Gasteiger partial charge is 0.486 e. The minimum Gasteiger partial charge on any atom is -0.486 e. The van der Waals surface area contributed by atoms with E-state index in [1.54, 1.807) is 0 Å². The van der Waals surface area contributed by atoms with Crippen molar-refractivity contribution in [2.75, 3.05) is 19.8 Å². The first-order valence-corrected chi connectivity index (χ1v) is 6.13. The van der Waals surface area contributed by atoms with Gasteiger partial charge >= 0.3 is 0 Å². The maximum absolute atomic E-state index is 6.01. The lowest BCUT2D eigenvalue weighted by Crippen LogP contribution is -2.35. The van der Waals surface area contributed by atoms with E-state index in [2.05, 4.69) is 11.4 Å². The third-order valence-corrected chi connectivity index (χ3v) is 3.31. The number of nitrogens with two attached hydrogens (primary N) is 1. The third-order valence-electron chi connectivity index (χ3n) is 3.31. The molecule has 92 valence electrons. The molecule has 1 saturated carbocycles. The highest BCUT2D eigenvalue weighted by Gasteiger charge is 2.37. The summed E-state index contributed by atoms with van der Waals surface area (Å²) in [7, 11) is 0. The van der Waals surface area contributed by atoms with Gasteiger partial charge in [0.15, 0.2) is 11.5 Å². The molecule has 3 N–H and O–H groups in total. The second kappa shape index (κ2) is 4.20. The summed E-state index contributed by atoms with van der Waals surface area (Å²) in [6, 6.07) is 6.08. The molecule has 1 fully saturated rings. The number of benzene rings is 1. The van der Waals surface area contributed by atoms with Crippen LogP contribution in [-0.4, -0.2) is 25.3 Å². The lowest BCUT2D eigenvalue weighted by atomic mass is 10.2. The summed E-state index contributed by atoms with van der Waals surface area (Å²) < 4.78 is 11.0. The molecule has 2 aliphatic rings. The molecule has 0 bridgehead atoms. The predicted octanol–water partition coefficient (Wildman–Crippen LogP) is 1.04. The standard InChI is InChI=1S/C13H18N2O2/c14-13(3-4-13)9-15-8-10-1-2-11-12(7-10)17-6-5-16-11/h1-2,7,15H,3-6,8-9,14H2. The molecular weight excluding hydrogens is 216 g/mol. The molecule has 17 heavy (non-hydrogen) atoms. The van der Waals surface area contributed by atoms with Crippen molar-refractivity contribution in [1.29, 1.82) is 0 Å². The van der Waals surface area contributed by atoms with Gasteiger partial charge in [0.2, 0.25) is 0 Å². The van der Waals surface area contributed by atoms with Crippen molar-refractivity contribution < 1.29 is 9.47 Å². The molecule has 4 heteroatoms. The number of nitrogens with one attached hydrogen (secondary N) is 1. The van der Waals surface area contributed by atoms with Crippen LogP contribution in [0.15, 0.2) is 18.2 Å². The lowest BCUT2D eigenvalue weighted by molar-refractivity contribution is 0.171. The van der Waals surface area contributed by atoms with Crippen molar-refractivity contribution in [2.45, 2.75) is 24.9 Å². The summed E-state index contributed by atoms with van der Waals surface area (Å²) in [6.45, 7) is 2.99. The number of hydrogen-bond donors (Lipinski definition) is 2. The molecule has 0 saturated heterocycles. The minimum atomic E-state index is 0.0633. The molecule has 1 aromatic rings. The molecule has 0 amide bonds. The van der Waals surface area contributed by atoms with E-state index in [0.29, 0.717) is 13.2 Å². The van der Waals surface area contributed by atoms with Crippen LogP contribution in [-0.2, 0) is 6.54 Å². The maximum atomic E-state index is 6.01. The smallest absolute Gasteiger partial charge is 0.161 e. The van der Waals surface area contributed by atoms with Crippen LogP contribution in [0, 0.1) is 0 Å². The van der Waals surface area contributed by atoms with Gasteiger partial charge in [0, 0.05) is 18.6 Å². The highest BCUT2D eigenvalue weighted by molar-refractivity contribution is 5.43. The lowest BCUT2D eigenvalue weighted by Gasteiger charge is -2.19. The second-order valence-corrected chi connectivity index (χ2v) is 4.94. The number of rotatable bonds is 4. The number of ether oxygens (including phenoxy) is 2. The van der Waals surface area contributed by atoms with Gasteiger partial charge in [-0.1, -0.05) is 6.07 Å². The molecular formula is C13H18N2O2. The molecule has 1 heterocycles. The zero-order chi connectivity index (χ0) is 11.7. The Hall–Kier alpha value is -1.26. The van der Waals surface area contributed by atoms with Gasteiger partial charge < -0.3 is 20.5 Å². The molecule has 0 spiro atoms. The molecule has 0 aromatic heterocycles. The van der Waals surface area contributed by atoms with Crippen molar-refractivity contribution in [3.63, 3.8) is 0 Å². The van der Waals surface area contributed by atoms with Gasteiger partial charge in [0.05, 0.1) is 0 Å². The molecule has 1 aliphatic carbocycles. The van der Waals surface area contributed by atoms with E-state index >= 15 is 0 Å². The molecule has 1 aliphatic heterocycles. The van der Waals surface area contributed by atoms with E-state index in [9.17, 15) is 0 Å². The SMILES string of the molecule is NC1(CNCc2ccc3c(c2)OCCO3)CC1. The Bertz CT molecular complexity index is 416. The van der Waals surface area contributed by atoms with Gasteiger partial charge in [-0.3, -0.25) is 0 Å². The van der Waals surface area contributed by atoms with Crippen molar-refractivity contribution in [2.24, 2.45) is 5.73 Å². The summed E-state index contributed by atoms with van der Waals surface area (Å²) >= 11 is 0. The van der Waals surface area contributed by atoms with Gasteiger partial charge in [0.25, 0.3) is 0 Å². The Kier molecular flexibility index (Phi) is 2.68. The van der Waals surface area contributed by atoms with Gasteiger partial charge in [-0.25, -0.2) is 0 Å².